The lowest BCUT2D eigenvalue weighted by atomic mass is 9.76. The van der Waals surface area contributed by atoms with Crippen LogP contribution in [0.2, 0.25) is 0 Å². The van der Waals surface area contributed by atoms with Gasteiger partial charge in [0.1, 0.15) is 0 Å². The van der Waals surface area contributed by atoms with Crippen molar-refractivity contribution in [2.45, 2.75) is 34.1 Å². The van der Waals surface area contributed by atoms with E-state index in [0.29, 0.717) is 5.92 Å². The molecule has 0 amide bonds. The van der Waals surface area contributed by atoms with Crippen LogP contribution in [0, 0.1) is 11.3 Å². The van der Waals surface area contributed by atoms with Gasteiger partial charge in [-0.25, -0.2) is 0 Å². The molecule has 0 saturated heterocycles. The van der Waals surface area contributed by atoms with Gasteiger partial charge in [-0.1, -0.05) is 45.9 Å². The van der Waals surface area contributed by atoms with Crippen molar-refractivity contribution in [2.24, 2.45) is 11.3 Å². The van der Waals surface area contributed by atoms with Crippen molar-refractivity contribution in [3.05, 3.63) is 36.2 Å². The Kier molecular flexibility index (Phi) is 5.07. The molecule has 0 radical (unpaired) electrons. The van der Waals surface area contributed by atoms with Crippen LogP contribution in [0.1, 0.15) is 33.5 Å². The zero-order valence-electron chi connectivity index (χ0n) is 13.4. The number of tetrazole rings is 1. The van der Waals surface area contributed by atoms with Crippen LogP contribution in [0.5, 0.6) is 0 Å². The van der Waals surface area contributed by atoms with Gasteiger partial charge in [0.25, 0.3) is 0 Å². The van der Waals surface area contributed by atoms with Crippen LogP contribution in [0.3, 0.4) is 0 Å². The minimum absolute atomic E-state index is 0.122. The number of aromatic nitrogens is 4. The summed E-state index contributed by atoms with van der Waals surface area (Å²) in [6, 6.07) is 10.0. The summed E-state index contributed by atoms with van der Waals surface area (Å²) < 4.78 is 1.84. The Hall–Kier alpha value is -1.75. The molecule has 114 valence electrons. The zero-order chi connectivity index (χ0) is 15.3. The van der Waals surface area contributed by atoms with Gasteiger partial charge in [0, 0.05) is 13.0 Å². The highest BCUT2D eigenvalue weighted by atomic mass is 15.5. The Bertz CT molecular complexity index is 549. The lowest BCUT2D eigenvalue weighted by molar-refractivity contribution is 0.203. The molecule has 1 atom stereocenters. The van der Waals surface area contributed by atoms with E-state index in [0.717, 1.165) is 31.0 Å². The van der Waals surface area contributed by atoms with E-state index in [1.165, 1.54) is 0 Å². The summed E-state index contributed by atoms with van der Waals surface area (Å²) in [5.41, 5.74) is 1.13. The summed E-state index contributed by atoms with van der Waals surface area (Å²) in [5, 5.41) is 15.7. The number of benzene rings is 1. The maximum atomic E-state index is 4.24. The lowest BCUT2D eigenvalue weighted by Crippen LogP contribution is -2.38. The normalized spacial score (nSPS) is 14.3. The summed E-state index contributed by atoms with van der Waals surface area (Å²) in [5.74, 6) is 1.45. The average Bonchev–Trinajstić information content (AvgIpc) is 2.94. The van der Waals surface area contributed by atoms with E-state index >= 15 is 0 Å². The van der Waals surface area contributed by atoms with Gasteiger partial charge in [-0.3, -0.25) is 0 Å². The smallest absolute Gasteiger partial charge is 0.157 e. The van der Waals surface area contributed by atoms with Crippen LogP contribution < -0.4 is 5.32 Å². The maximum absolute atomic E-state index is 4.24. The Labute approximate surface area is 126 Å². The molecule has 0 aliphatic rings. The molecule has 0 fully saturated rings. The molecule has 0 aliphatic carbocycles. The van der Waals surface area contributed by atoms with Crippen molar-refractivity contribution in [2.75, 3.05) is 13.1 Å². The molecule has 2 rings (SSSR count). The monoisotopic (exact) mass is 287 g/mol. The van der Waals surface area contributed by atoms with E-state index in [9.17, 15) is 0 Å². The first-order chi connectivity index (χ1) is 10.1. The van der Waals surface area contributed by atoms with Gasteiger partial charge < -0.3 is 5.32 Å². The number of nitrogens with zero attached hydrogens (tertiary/aromatic N) is 4. The van der Waals surface area contributed by atoms with Crippen molar-refractivity contribution in [1.29, 1.82) is 0 Å². The summed E-state index contributed by atoms with van der Waals surface area (Å²) in [6.45, 7) is 10.9. The Morgan fingerprint density at radius 3 is 2.57 bits per heavy atom. The predicted molar refractivity (Wildman–Crippen MR) is 84.3 cm³/mol. The largest absolute Gasteiger partial charge is 0.316 e. The minimum Gasteiger partial charge on any atom is -0.316 e. The molecule has 5 heteroatoms. The van der Waals surface area contributed by atoms with Crippen molar-refractivity contribution >= 4 is 0 Å². The molecule has 0 bridgehead atoms. The lowest BCUT2D eigenvalue weighted by Gasteiger charge is -2.33. The second kappa shape index (κ2) is 6.80. The second-order valence-electron chi connectivity index (χ2n) is 6.11. The number of hydrogen-bond donors (Lipinski definition) is 1. The van der Waals surface area contributed by atoms with Crippen molar-refractivity contribution in [3.8, 4) is 5.69 Å². The van der Waals surface area contributed by atoms with E-state index in [2.05, 4.69) is 48.5 Å². The number of para-hydroxylation sites is 1. The van der Waals surface area contributed by atoms with Crippen LogP contribution >= 0.6 is 0 Å². The average molecular weight is 287 g/mol. The minimum atomic E-state index is 0.122. The van der Waals surface area contributed by atoms with Crippen molar-refractivity contribution in [1.82, 2.24) is 25.5 Å². The highest BCUT2D eigenvalue weighted by molar-refractivity contribution is 5.30. The van der Waals surface area contributed by atoms with Gasteiger partial charge in [-0.2, -0.15) is 4.68 Å². The third-order valence-corrected chi connectivity index (χ3v) is 4.27. The standard InChI is InChI=1S/C16H25N5/c1-5-17-12-16(4,13(2)3)11-15-18-19-20-21(15)14-9-7-6-8-10-14/h6-10,13,17H,5,11-12H2,1-4H3. The predicted octanol–water partition coefficient (Wildman–Crippen LogP) is 2.48. The zero-order valence-corrected chi connectivity index (χ0v) is 13.4. The van der Waals surface area contributed by atoms with E-state index in [-0.39, 0.29) is 5.41 Å². The number of rotatable bonds is 7. The summed E-state index contributed by atoms with van der Waals surface area (Å²) in [4.78, 5) is 0. The van der Waals surface area contributed by atoms with Gasteiger partial charge in [-0.15, -0.1) is 5.10 Å². The molecule has 2 aromatic rings. The highest BCUT2D eigenvalue weighted by Crippen LogP contribution is 2.30. The van der Waals surface area contributed by atoms with Crippen LogP contribution in [-0.4, -0.2) is 33.3 Å². The number of hydrogen-bond acceptors (Lipinski definition) is 4. The Balaban J connectivity index is 2.25. The van der Waals surface area contributed by atoms with E-state index < -0.39 is 0 Å². The highest BCUT2D eigenvalue weighted by Gasteiger charge is 2.30. The van der Waals surface area contributed by atoms with Crippen LogP contribution in [0.15, 0.2) is 30.3 Å². The fourth-order valence-corrected chi connectivity index (χ4v) is 2.33. The number of nitrogens with one attached hydrogen (secondary N) is 1. The third kappa shape index (κ3) is 3.67. The van der Waals surface area contributed by atoms with Gasteiger partial charge >= 0.3 is 0 Å². The second-order valence-corrected chi connectivity index (χ2v) is 6.11. The fraction of sp³-hybridized carbons (Fsp3) is 0.562. The molecule has 0 saturated carbocycles. The third-order valence-electron chi connectivity index (χ3n) is 4.27. The van der Waals surface area contributed by atoms with E-state index in [1.54, 1.807) is 0 Å². The van der Waals surface area contributed by atoms with Gasteiger partial charge in [0.05, 0.1) is 5.69 Å². The molecule has 5 nitrogen and oxygen atoms in total. The van der Waals surface area contributed by atoms with Crippen LogP contribution in [0.4, 0.5) is 0 Å². The topological polar surface area (TPSA) is 55.6 Å². The fourth-order valence-electron chi connectivity index (χ4n) is 2.33. The quantitative estimate of drug-likeness (QED) is 0.850. The molecule has 1 aromatic heterocycles. The molecule has 1 unspecified atom stereocenters. The van der Waals surface area contributed by atoms with Gasteiger partial charge in [0.2, 0.25) is 0 Å². The SMILES string of the molecule is CCNCC(C)(Cc1nnnn1-c1ccccc1)C(C)C. The molecule has 0 spiro atoms. The molecule has 0 aliphatic heterocycles. The van der Waals surface area contributed by atoms with Gasteiger partial charge in [-0.05, 0) is 40.4 Å². The Morgan fingerprint density at radius 2 is 1.95 bits per heavy atom. The summed E-state index contributed by atoms with van der Waals surface area (Å²) in [7, 11) is 0. The van der Waals surface area contributed by atoms with Gasteiger partial charge in [0.15, 0.2) is 5.82 Å². The molecular formula is C16H25N5. The molecule has 1 heterocycles. The van der Waals surface area contributed by atoms with Crippen LogP contribution in [0.25, 0.3) is 5.69 Å². The summed E-state index contributed by atoms with van der Waals surface area (Å²) >= 11 is 0. The molecule has 1 aromatic carbocycles. The maximum Gasteiger partial charge on any atom is 0.157 e. The van der Waals surface area contributed by atoms with Crippen LogP contribution in [-0.2, 0) is 6.42 Å². The first-order valence-corrected chi connectivity index (χ1v) is 7.60. The summed E-state index contributed by atoms with van der Waals surface area (Å²) in [6.07, 6.45) is 0.847. The van der Waals surface area contributed by atoms with Crippen molar-refractivity contribution < 1.29 is 0 Å². The van der Waals surface area contributed by atoms with Crippen molar-refractivity contribution in [3.63, 3.8) is 0 Å². The van der Waals surface area contributed by atoms with E-state index in [1.807, 2.05) is 35.0 Å². The molecule has 21 heavy (non-hydrogen) atoms. The van der Waals surface area contributed by atoms with E-state index in [4.69, 9.17) is 0 Å². The molecular weight excluding hydrogens is 262 g/mol. The Morgan fingerprint density at radius 1 is 1.24 bits per heavy atom. The first kappa shape index (κ1) is 15.6. The first-order valence-electron chi connectivity index (χ1n) is 7.60. The molecule has 1 N–H and O–H groups in total.